The van der Waals surface area contributed by atoms with E-state index in [9.17, 15) is 4.79 Å². The molecule has 92 valence electrons. The predicted molar refractivity (Wildman–Crippen MR) is 72.7 cm³/mol. The summed E-state index contributed by atoms with van der Waals surface area (Å²) >= 11 is 0. The van der Waals surface area contributed by atoms with Crippen LogP contribution in [0.4, 0.5) is 0 Å². The van der Waals surface area contributed by atoms with Crippen LogP contribution in [0.3, 0.4) is 0 Å². The Labute approximate surface area is 104 Å². The second-order valence-electron chi connectivity index (χ2n) is 4.80. The van der Waals surface area contributed by atoms with Crippen molar-refractivity contribution < 1.29 is 4.79 Å². The molecule has 0 aliphatic carbocycles. The van der Waals surface area contributed by atoms with Gasteiger partial charge in [0.05, 0.1) is 0 Å². The van der Waals surface area contributed by atoms with E-state index in [0.717, 1.165) is 16.8 Å². The molecule has 1 amide bonds. The van der Waals surface area contributed by atoms with Crippen molar-refractivity contribution in [3.8, 4) is 0 Å². The van der Waals surface area contributed by atoms with Crippen molar-refractivity contribution >= 4 is 11.6 Å². The number of benzene rings is 1. The molecule has 0 fully saturated rings. The van der Waals surface area contributed by atoms with Crippen LogP contribution in [-0.2, 0) is 0 Å². The molecule has 2 nitrogen and oxygen atoms in total. The lowest BCUT2D eigenvalue weighted by molar-refractivity contribution is 0.0749. The molecule has 1 aromatic carbocycles. The molecule has 1 aromatic rings. The van der Waals surface area contributed by atoms with Gasteiger partial charge in [0.25, 0.3) is 5.91 Å². The summed E-state index contributed by atoms with van der Waals surface area (Å²) in [7, 11) is 0. The van der Waals surface area contributed by atoms with E-state index in [4.69, 9.17) is 0 Å². The van der Waals surface area contributed by atoms with E-state index in [0.29, 0.717) is 0 Å². The molecule has 0 saturated carbocycles. The van der Waals surface area contributed by atoms with Gasteiger partial charge in [-0.25, -0.2) is 0 Å². The Morgan fingerprint density at radius 1 is 1.06 bits per heavy atom. The van der Waals surface area contributed by atoms with Gasteiger partial charge in [-0.2, -0.15) is 0 Å². The molecule has 1 aliphatic rings. The van der Waals surface area contributed by atoms with E-state index in [2.05, 4.69) is 6.58 Å². The summed E-state index contributed by atoms with van der Waals surface area (Å²) in [5, 5.41) is 0. The maximum atomic E-state index is 12.1. The van der Waals surface area contributed by atoms with E-state index in [1.165, 1.54) is 0 Å². The van der Waals surface area contributed by atoms with Crippen LogP contribution < -0.4 is 0 Å². The third-order valence-electron chi connectivity index (χ3n) is 2.61. The van der Waals surface area contributed by atoms with Gasteiger partial charge in [0.1, 0.15) is 0 Å². The van der Waals surface area contributed by atoms with Crippen molar-refractivity contribution in [2.45, 2.75) is 40.2 Å². The molecule has 17 heavy (non-hydrogen) atoms. The van der Waals surface area contributed by atoms with E-state index >= 15 is 0 Å². The third kappa shape index (κ3) is 2.26. The molecular weight excluding hydrogens is 210 g/mol. The van der Waals surface area contributed by atoms with Gasteiger partial charge in [-0.3, -0.25) is 4.79 Å². The van der Waals surface area contributed by atoms with Gasteiger partial charge < -0.3 is 4.90 Å². The first-order valence-corrected chi connectivity index (χ1v) is 6.06. The third-order valence-corrected chi connectivity index (χ3v) is 2.61. The van der Waals surface area contributed by atoms with Crippen LogP contribution >= 0.6 is 0 Å². The van der Waals surface area contributed by atoms with Crippen molar-refractivity contribution in [1.82, 2.24) is 4.90 Å². The first-order chi connectivity index (χ1) is 7.93. The minimum absolute atomic E-state index is 0.0584. The van der Waals surface area contributed by atoms with E-state index in [1.807, 2.05) is 58.9 Å². The van der Waals surface area contributed by atoms with Crippen molar-refractivity contribution in [2.24, 2.45) is 0 Å². The average molecular weight is 231 g/mol. The van der Waals surface area contributed by atoms with Crippen LogP contribution in [0, 0.1) is 0 Å². The number of amides is 1. The molecule has 0 N–H and O–H groups in total. The van der Waals surface area contributed by atoms with Crippen LogP contribution in [-0.4, -0.2) is 16.3 Å². The van der Waals surface area contributed by atoms with Crippen molar-refractivity contribution in [3.63, 3.8) is 0 Å². The number of hydrogen-bond donors (Lipinski definition) is 0. The smallest absolute Gasteiger partial charge is 0.259 e. The molecule has 0 bridgehead atoms. The molecule has 1 aliphatic heterocycles. The highest BCUT2D eigenvalue weighted by molar-refractivity contribution is 6.09. The number of fused-ring (bicyclic) bond motifs is 1. The second kappa shape index (κ2) is 4.74. The molecule has 0 unspecified atom stereocenters. The first kappa shape index (κ1) is 13.5. The Hall–Kier alpha value is -1.57. The zero-order valence-corrected chi connectivity index (χ0v) is 11.4. The van der Waals surface area contributed by atoms with E-state index in [1.54, 1.807) is 4.90 Å². The molecule has 1 heterocycles. The lowest BCUT2D eigenvalue weighted by atomic mass is 10.1. The van der Waals surface area contributed by atoms with Gasteiger partial charge in [-0.1, -0.05) is 38.6 Å². The minimum atomic E-state index is -0.215. The lowest BCUT2D eigenvalue weighted by Crippen LogP contribution is -2.40. The van der Waals surface area contributed by atoms with E-state index in [-0.39, 0.29) is 11.4 Å². The zero-order chi connectivity index (χ0) is 13.2. The van der Waals surface area contributed by atoms with Crippen LogP contribution in [0.2, 0.25) is 0 Å². The quantitative estimate of drug-likeness (QED) is 0.662. The monoisotopic (exact) mass is 231 g/mol. The van der Waals surface area contributed by atoms with Gasteiger partial charge >= 0.3 is 0 Å². The molecule has 2 heteroatoms. The highest BCUT2D eigenvalue weighted by atomic mass is 16.2. The van der Waals surface area contributed by atoms with Gasteiger partial charge in [0.15, 0.2) is 0 Å². The Balaban J connectivity index is 0.000000686. The molecular formula is C15H21NO. The Kier molecular flexibility index (Phi) is 3.76. The standard InChI is InChI=1S/C13H15NO.C2H6/c1-9-10-7-5-6-8-11(10)12(15)14(9)13(2,3)4;1-2/h5-8H,1H2,2-4H3;1-2H3. The number of rotatable bonds is 0. The first-order valence-electron chi connectivity index (χ1n) is 6.06. The molecule has 0 radical (unpaired) electrons. The number of carbonyl (C=O) groups excluding carboxylic acids is 1. The second-order valence-corrected chi connectivity index (χ2v) is 4.80. The summed E-state index contributed by atoms with van der Waals surface area (Å²) in [4.78, 5) is 13.9. The lowest BCUT2D eigenvalue weighted by Gasteiger charge is -2.32. The fourth-order valence-corrected chi connectivity index (χ4v) is 1.99. The highest BCUT2D eigenvalue weighted by Crippen LogP contribution is 2.36. The summed E-state index contributed by atoms with van der Waals surface area (Å²) in [5.41, 5.74) is 2.31. The topological polar surface area (TPSA) is 20.3 Å². The summed E-state index contributed by atoms with van der Waals surface area (Å²) in [5.74, 6) is 0.0584. The van der Waals surface area contributed by atoms with Crippen LogP contribution in [0.1, 0.15) is 50.5 Å². The van der Waals surface area contributed by atoms with Crippen molar-refractivity contribution in [2.75, 3.05) is 0 Å². The molecule has 0 saturated heterocycles. The summed E-state index contributed by atoms with van der Waals surface area (Å²) in [6, 6.07) is 7.62. The Morgan fingerprint density at radius 3 is 1.94 bits per heavy atom. The van der Waals surface area contributed by atoms with Gasteiger partial charge in [-0.05, 0) is 26.8 Å². The minimum Gasteiger partial charge on any atom is -0.303 e. The van der Waals surface area contributed by atoms with Crippen LogP contribution in [0.15, 0.2) is 30.8 Å². The van der Waals surface area contributed by atoms with Gasteiger partial charge in [0.2, 0.25) is 0 Å². The maximum Gasteiger partial charge on any atom is 0.259 e. The zero-order valence-electron chi connectivity index (χ0n) is 11.4. The fraction of sp³-hybridized carbons (Fsp3) is 0.400. The average Bonchev–Trinajstić information content (AvgIpc) is 2.54. The molecule has 0 spiro atoms. The van der Waals surface area contributed by atoms with Gasteiger partial charge in [-0.15, -0.1) is 0 Å². The summed E-state index contributed by atoms with van der Waals surface area (Å²) < 4.78 is 0. The maximum absolute atomic E-state index is 12.1. The van der Waals surface area contributed by atoms with Crippen LogP contribution in [0.5, 0.6) is 0 Å². The number of carbonyl (C=O) groups is 1. The SMILES string of the molecule is C=C1c2ccccc2C(=O)N1C(C)(C)C.CC. The largest absolute Gasteiger partial charge is 0.303 e. The molecule has 0 aromatic heterocycles. The van der Waals surface area contributed by atoms with Crippen LogP contribution in [0.25, 0.3) is 5.70 Å². The summed E-state index contributed by atoms with van der Waals surface area (Å²) in [6.07, 6.45) is 0. The molecule has 2 rings (SSSR count). The molecule has 0 atom stereocenters. The van der Waals surface area contributed by atoms with Gasteiger partial charge in [0, 0.05) is 22.4 Å². The number of nitrogens with zero attached hydrogens (tertiary/aromatic N) is 1. The highest BCUT2D eigenvalue weighted by Gasteiger charge is 2.37. The Morgan fingerprint density at radius 2 is 1.53 bits per heavy atom. The fourth-order valence-electron chi connectivity index (χ4n) is 1.99. The Bertz CT molecular complexity index is 405. The van der Waals surface area contributed by atoms with E-state index < -0.39 is 0 Å². The normalized spacial score (nSPS) is 14.3. The predicted octanol–water partition coefficient (Wildman–Crippen LogP) is 3.94. The van der Waals surface area contributed by atoms with Crippen molar-refractivity contribution in [3.05, 3.63) is 42.0 Å². The number of hydrogen-bond acceptors (Lipinski definition) is 1. The summed E-state index contributed by atoms with van der Waals surface area (Å²) in [6.45, 7) is 14.0. The van der Waals surface area contributed by atoms with Crippen molar-refractivity contribution in [1.29, 1.82) is 0 Å².